The second-order valence-electron chi connectivity index (χ2n) is 6.13. The molecule has 4 rings (SSSR count). The Labute approximate surface area is 150 Å². The van der Waals surface area contributed by atoms with Crippen molar-refractivity contribution in [3.05, 3.63) is 60.6 Å². The third-order valence-corrected chi connectivity index (χ3v) is 4.18. The number of aromatic amines is 1. The summed E-state index contributed by atoms with van der Waals surface area (Å²) in [5, 5.41) is 15.3. The van der Waals surface area contributed by atoms with Crippen molar-refractivity contribution in [3.63, 3.8) is 0 Å². The van der Waals surface area contributed by atoms with E-state index in [0.717, 1.165) is 22.2 Å². The number of aromatic nitrogens is 5. The van der Waals surface area contributed by atoms with Gasteiger partial charge in [-0.25, -0.2) is 0 Å². The topological polar surface area (TPSA) is 88.5 Å². The van der Waals surface area contributed by atoms with Crippen molar-refractivity contribution in [2.45, 2.75) is 19.9 Å². The van der Waals surface area contributed by atoms with Crippen LogP contribution in [-0.4, -0.2) is 30.9 Å². The molecule has 3 heterocycles. The van der Waals surface area contributed by atoms with Gasteiger partial charge in [0.05, 0.1) is 24.0 Å². The van der Waals surface area contributed by atoms with Crippen LogP contribution in [0, 0.1) is 6.92 Å². The predicted octanol–water partition coefficient (Wildman–Crippen LogP) is 3.16. The van der Waals surface area contributed by atoms with Gasteiger partial charge < -0.3 is 5.32 Å². The zero-order chi connectivity index (χ0) is 17.9. The maximum Gasteiger partial charge on any atom is 0.227 e. The lowest BCUT2D eigenvalue weighted by Gasteiger charge is -2.04. The summed E-state index contributed by atoms with van der Waals surface area (Å²) in [6.07, 6.45) is 5.58. The number of anilines is 1. The van der Waals surface area contributed by atoms with Crippen molar-refractivity contribution in [3.8, 4) is 11.3 Å². The van der Waals surface area contributed by atoms with Crippen molar-refractivity contribution in [2.24, 2.45) is 0 Å². The molecule has 0 radical (unpaired) electrons. The average Bonchev–Trinajstić information content (AvgIpc) is 3.27. The Morgan fingerprint density at radius 3 is 2.88 bits per heavy atom. The normalized spacial score (nSPS) is 11.0. The number of benzene rings is 1. The summed E-state index contributed by atoms with van der Waals surface area (Å²) in [6, 6.07) is 11.7. The number of carbonyl (C=O) groups excluding carboxylic acids is 1. The number of fused-ring (bicyclic) bond motifs is 1. The maximum absolute atomic E-state index is 12.2. The van der Waals surface area contributed by atoms with Gasteiger partial charge in [0.1, 0.15) is 0 Å². The minimum Gasteiger partial charge on any atom is -0.309 e. The molecule has 0 saturated heterocycles. The molecule has 7 heteroatoms. The second kappa shape index (κ2) is 6.79. The third-order valence-electron chi connectivity index (χ3n) is 4.18. The summed E-state index contributed by atoms with van der Waals surface area (Å²) in [7, 11) is 0. The molecule has 130 valence electrons. The molecule has 1 aromatic carbocycles. The smallest absolute Gasteiger partial charge is 0.227 e. The Balaban J connectivity index is 1.39. The van der Waals surface area contributed by atoms with E-state index in [2.05, 4.69) is 31.7 Å². The Morgan fingerprint density at radius 2 is 2.04 bits per heavy atom. The highest BCUT2D eigenvalue weighted by molar-refractivity contribution is 5.90. The fourth-order valence-corrected chi connectivity index (χ4v) is 2.86. The van der Waals surface area contributed by atoms with Crippen molar-refractivity contribution >= 4 is 22.6 Å². The summed E-state index contributed by atoms with van der Waals surface area (Å²) >= 11 is 0. The minimum absolute atomic E-state index is 0.103. The Hall–Kier alpha value is -3.48. The molecule has 3 aromatic heterocycles. The molecular formula is C19H18N6O. The first-order valence-corrected chi connectivity index (χ1v) is 8.37. The van der Waals surface area contributed by atoms with E-state index in [4.69, 9.17) is 0 Å². The number of nitrogens with one attached hydrogen (secondary N) is 2. The van der Waals surface area contributed by atoms with Crippen LogP contribution in [0.3, 0.4) is 0 Å². The number of H-pyrrole nitrogens is 1. The van der Waals surface area contributed by atoms with Crippen LogP contribution >= 0.6 is 0 Å². The first-order chi connectivity index (χ1) is 12.7. The van der Waals surface area contributed by atoms with Gasteiger partial charge in [0.15, 0.2) is 5.82 Å². The van der Waals surface area contributed by atoms with Gasteiger partial charge in [-0.3, -0.25) is 19.6 Å². The lowest BCUT2D eigenvalue weighted by atomic mass is 10.2. The summed E-state index contributed by atoms with van der Waals surface area (Å²) in [6.45, 7) is 2.56. The Bertz CT molecular complexity index is 1050. The molecule has 0 aliphatic heterocycles. The quantitative estimate of drug-likeness (QED) is 0.581. The first kappa shape index (κ1) is 16.0. The molecule has 1 amide bonds. The first-order valence-electron chi connectivity index (χ1n) is 8.37. The Morgan fingerprint density at radius 1 is 1.19 bits per heavy atom. The van der Waals surface area contributed by atoms with Crippen molar-refractivity contribution < 1.29 is 4.79 Å². The number of aryl methyl sites for hydroxylation is 2. The van der Waals surface area contributed by atoms with Gasteiger partial charge in [0, 0.05) is 35.8 Å². The monoisotopic (exact) mass is 346 g/mol. The fourth-order valence-electron chi connectivity index (χ4n) is 2.86. The van der Waals surface area contributed by atoms with Crippen LogP contribution in [-0.2, 0) is 11.3 Å². The van der Waals surface area contributed by atoms with Crippen LogP contribution in [0.25, 0.3) is 22.2 Å². The Kier molecular flexibility index (Phi) is 4.18. The second-order valence-corrected chi connectivity index (χ2v) is 6.13. The minimum atomic E-state index is -0.103. The molecule has 0 fully saturated rings. The van der Waals surface area contributed by atoms with Crippen LogP contribution in [0.2, 0.25) is 0 Å². The van der Waals surface area contributed by atoms with Gasteiger partial charge in [-0.2, -0.15) is 10.2 Å². The molecule has 0 unspecified atom stereocenters. The third kappa shape index (κ3) is 3.32. The van der Waals surface area contributed by atoms with Gasteiger partial charge in [0.25, 0.3) is 0 Å². The highest BCUT2D eigenvalue weighted by atomic mass is 16.1. The zero-order valence-electron chi connectivity index (χ0n) is 14.3. The van der Waals surface area contributed by atoms with Gasteiger partial charge in [-0.1, -0.05) is 11.6 Å². The van der Waals surface area contributed by atoms with E-state index >= 15 is 0 Å². The summed E-state index contributed by atoms with van der Waals surface area (Å²) in [5.41, 5.74) is 4.02. The highest BCUT2D eigenvalue weighted by Gasteiger charge is 2.09. The summed E-state index contributed by atoms with van der Waals surface area (Å²) < 4.78 is 1.85. The lowest BCUT2D eigenvalue weighted by molar-refractivity contribution is -0.116. The van der Waals surface area contributed by atoms with E-state index in [1.165, 1.54) is 5.56 Å². The summed E-state index contributed by atoms with van der Waals surface area (Å²) in [4.78, 5) is 16.2. The van der Waals surface area contributed by atoms with Gasteiger partial charge in [-0.15, -0.1) is 0 Å². The number of carbonyl (C=O) groups is 1. The van der Waals surface area contributed by atoms with Crippen molar-refractivity contribution in [2.75, 3.05) is 5.32 Å². The largest absolute Gasteiger partial charge is 0.309 e. The number of hydrogen-bond acceptors (Lipinski definition) is 4. The molecule has 0 atom stereocenters. The molecule has 0 aliphatic rings. The lowest BCUT2D eigenvalue weighted by Crippen LogP contribution is -2.15. The van der Waals surface area contributed by atoms with Gasteiger partial charge in [-0.05, 0) is 31.2 Å². The predicted molar refractivity (Wildman–Crippen MR) is 99.5 cm³/mol. The maximum atomic E-state index is 12.2. The van der Waals surface area contributed by atoms with Gasteiger partial charge >= 0.3 is 0 Å². The van der Waals surface area contributed by atoms with Crippen LogP contribution in [0.15, 0.2) is 55.0 Å². The van der Waals surface area contributed by atoms with E-state index < -0.39 is 0 Å². The fraction of sp³-hybridized carbons (Fsp3) is 0.158. The van der Waals surface area contributed by atoms with Crippen LogP contribution in [0.1, 0.15) is 12.0 Å². The van der Waals surface area contributed by atoms with E-state index in [1.807, 2.05) is 42.1 Å². The molecule has 4 aromatic rings. The zero-order valence-corrected chi connectivity index (χ0v) is 14.3. The molecule has 2 N–H and O–H groups in total. The molecule has 0 saturated carbocycles. The molecule has 26 heavy (non-hydrogen) atoms. The van der Waals surface area contributed by atoms with E-state index in [-0.39, 0.29) is 5.91 Å². The number of pyridine rings is 1. The number of amides is 1. The number of hydrogen-bond donors (Lipinski definition) is 2. The van der Waals surface area contributed by atoms with Crippen LogP contribution in [0.5, 0.6) is 0 Å². The number of nitrogens with zero attached hydrogens (tertiary/aromatic N) is 4. The van der Waals surface area contributed by atoms with Crippen LogP contribution in [0.4, 0.5) is 5.82 Å². The molecule has 0 bridgehead atoms. The SMILES string of the molecule is Cc1ccc2c(cnn2CCC(=O)Nc2cc(-c3ccncc3)[nH]n2)c1. The molecular weight excluding hydrogens is 328 g/mol. The van der Waals surface area contributed by atoms with Crippen LogP contribution < -0.4 is 5.32 Å². The average molecular weight is 346 g/mol. The van der Waals surface area contributed by atoms with Crippen molar-refractivity contribution in [1.29, 1.82) is 0 Å². The van der Waals surface area contributed by atoms with E-state index in [1.54, 1.807) is 18.5 Å². The highest BCUT2D eigenvalue weighted by Crippen LogP contribution is 2.19. The molecule has 0 aliphatic carbocycles. The standard InChI is InChI=1S/C19H18N6O/c1-13-2-3-17-15(10-13)12-21-25(17)9-6-19(26)22-18-11-16(23-24-18)14-4-7-20-8-5-14/h2-5,7-8,10-12H,6,9H2,1H3,(H2,22,23,24,26). The summed E-state index contributed by atoms with van der Waals surface area (Å²) in [5.74, 6) is 0.399. The van der Waals surface area contributed by atoms with Gasteiger partial charge in [0.2, 0.25) is 5.91 Å². The van der Waals surface area contributed by atoms with Crippen molar-refractivity contribution in [1.82, 2.24) is 25.0 Å². The van der Waals surface area contributed by atoms with E-state index in [0.29, 0.717) is 18.8 Å². The number of rotatable bonds is 5. The molecule has 0 spiro atoms. The molecule has 7 nitrogen and oxygen atoms in total. The van der Waals surface area contributed by atoms with E-state index in [9.17, 15) is 4.79 Å².